The van der Waals surface area contributed by atoms with Crippen LogP contribution in [0.5, 0.6) is 0 Å². The molecule has 2 aromatic carbocycles. The summed E-state index contributed by atoms with van der Waals surface area (Å²) in [5.74, 6) is -0.0657. The van der Waals surface area contributed by atoms with Crippen LogP contribution in [-0.4, -0.2) is 42.2 Å². The molecule has 0 spiro atoms. The molecule has 0 aliphatic carbocycles. The predicted molar refractivity (Wildman–Crippen MR) is 113 cm³/mol. The monoisotopic (exact) mass is 461 g/mol. The number of nitrogens with zero attached hydrogens (tertiary/aromatic N) is 1. The summed E-state index contributed by atoms with van der Waals surface area (Å²) in [6, 6.07) is 10.3. The quantitative estimate of drug-likeness (QED) is 0.681. The average molecular weight is 463 g/mol. The van der Waals surface area contributed by atoms with E-state index < -0.39 is 5.60 Å². The fourth-order valence-electron chi connectivity index (χ4n) is 3.43. The minimum absolute atomic E-state index is 0.0657. The Labute approximate surface area is 183 Å². The Morgan fingerprint density at radius 3 is 2.43 bits per heavy atom. The highest BCUT2D eigenvalue weighted by Gasteiger charge is 2.39. The molecule has 4 nitrogen and oxygen atoms in total. The van der Waals surface area contributed by atoms with E-state index in [4.69, 9.17) is 51.1 Å². The molecule has 0 bridgehead atoms. The minimum Gasteiger partial charge on any atom is -0.396 e. The molecule has 0 saturated carbocycles. The zero-order chi connectivity index (χ0) is 20.3. The third-order valence-corrected chi connectivity index (χ3v) is 5.95. The van der Waals surface area contributed by atoms with Gasteiger partial charge in [-0.3, -0.25) is 4.79 Å². The molecule has 1 saturated heterocycles. The van der Waals surface area contributed by atoms with Crippen molar-refractivity contribution in [3.63, 3.8) is 0 Å². The number of ether oxygens (including phenoxy) is 1. The number of carbonyl (C=O) groups excluding carboxylic acids is 1. The third kappa shape index (κ3) is 4.93. The first-order valence-corrected chi connectivity index (χ1v) is 10.3. The topological polar surface area (TPSA) is 49.8 Å². The molecule has 8 heteroatoms. The number of halogens is 4. The molecule has 1 aliphatic heterocycles. The number of hydrogen-bond donors (Lipinski definition) is 1. The molecule has 150 valence electrons. The molecule has 0 radical (unpaired) electrons. The van der Waals surface area contributed by atoms with Gasteiger partial charge in [-0.15, -0.1) is 0 Å². The number of carbonyl (C=O) groups is 1. The van der Waals surface area contributed by atoms with Crippen LogP contribution in [0.4, 0.5) is 0 Å². The fraction of sp³-hybridized carbons (Fsp3) is 0.350. The maximum absolute atomic E-state index is 12.9. The van der Waals surface area contributed by atoms with Gasteiger partial charge in [-0.05, 0) is 41.5 Å². The van der Waals surface area contributed by atoms with E-state index in [9.17, 15) is 9.90 Å². The number of morpholine rings is 1. The summed E-state index contributed by atoms with van der Waals surface area (Å²) in [5, 5.41) is 11.4. The van der Waals surface area contributed by atoms with Crippen LogP contribution in [-0.2, 0) is 21.6 Å². The summed E-state index contributed by atoms with van der Waals surface area (Å²) in [4.78, 5) is 14.6. The second-order valence-corrected chi connectivity index (χ2v) is 8.40. The summed E-state index contributed by atoms with van der Waals surface area (Å²) in [6.45, 7) is 1.02. The summed E-state index contributed by atoms with van der Waals surface area (Å²) in [6.07, 6.45) is 0.509. The molecule has 1 unspecified atom stereocenters. The number of hydrogen-bond acceptors (Lipinski definition) is 3. The van der Waals surface area contributed by atoms with Crippen molar-refractivity contribution in [3.8, 4) is 0 Å². The Morgan fingerprint density at radius 2 is 1.79 bits per heavy atom. The Bertz CT molecular complexity index is 852. The van der Waals surface area contributed by atoms with Crippen LogP contribution in [0.25, 0.3) is 0 Å². The maximum Gasteiger partial charge on any atom is 0.227 e. The number of amides is 1. The lowest BCUT2D eigenvalue weighted by molar-refractivity contribution is -0.155. The molecule has 1 amide bonds. The molecule has 1 aliphatic rings. The van der Waals surface area contributed by atoms with Crippen molar-refractivity contribution in [1.82, 2.24) is 4.90 Å². The van der Waals surface area contributed by atoms with Crippen LogP contribution < -0.4 is 0 Å². The zero-order valence-electron chi connectivity index (χ0n) is 14.9. The van der Waals surface area contributed by atoms with Gasteiger partial charge in [0, 0.05) is 29.6 Å². The van der Waals surface area contributed by atoms with Gasteiger partial charge >= 0.3 is 0 Å². The van der Waals surface area contributed by atoms with Crippen LogP contribution in [0.3, 0.4) is 0 Å². The fourth-order valence-corrected chi connectivity index (χ4v) is 4.30. The summed E-state index contributed by atoms with van der Waals surface area (Å²) in [7, 11) is 0. The van der Waals surface area contributed by atoms with E-state index in [1.54, 1.807) is 35.2 Å². The van der Waals surface area contributed by atoms with Crippen LogP contribution in [0.15, 0.2) is 36.4 Å². The second kappa shape index (κ2) is 9.21. The van der Waals surface area contributed by atoms with Gasteiger partial charge in [0.15, 0.2) is 0 Å². The lowest BCUT2D eigenvalue weighted by Gasteiger charge is -2.43. The molecule has 28 heavy (non-hydrogen) atoms. The normalized spacial score (nSPS) is 19.7. The van der Waals surface area contributed by atoms with E-state index in [1.807, 2.05) is 6.07 Å². The smallest absolute Gasteiger partial charge is 0.227 e. The van der Waals surface area contributed by atoms with Crippen LogP contribution in [0, 0.1) is 0 Å². The van der Waals surface area contributed by atoms with E-state index in [-0.39, 0.29) is 18.9 Å². The molecule has 1 heterocycles. The van der Waals surface area contributed by atoms with Crippen LogP contribution in [0.1, 0.15) is 17.5 Å². The van der Waals surface area contributed by atoms with Gasteiger partial charge in [0.1, 0.15) is 5.60 Å². The molecule has 0 aromatic heterocycles. The summed E-state index contributed by atoms with van der Waals surface area (Å²) in [5.41, 5.74) is 0.679. The van der Waals surface area contributed by atoms with Gasteiger partial charge in [-0.25, -0.2) is 0 Å². The average Bonchev–Trinajstić information content (AvgIpc) is 2.63. The van der Waals surface area contributed by atoms with Gasteiger partial charge in [0.05, 0.1) is 29.6 Å². The molecule has 1 N–H and O–H groups in total. The van der Waals surface area contributed by atoms with E-state index >= 15 is 0 Å². The Kier molecular flexibility index (Phi) is 7.13. The van der Waals surface area contributed by atoms with Crippen LogP contribution >= 0.6 is 46.4 Å². The summed E-state index contributed by atoms with van der Waals surface area (Å²) < 4.78 is 6.06. The largest absolute Gasteiger partial charge is 0.396 e. The van der Waals surface area contributed by atoms with Crippen molar-refractivity contribution in [3.05, 3.63) is 67.6 Å². The first kappa shape index (κ1) is 21.7. The molecule has 3 rings (SSSR count). The SMILES string of the molecule is O=C(Cc1cc(Cl)cc(Cl)c1)N1CCOC(CCO)(c2ccc(Cl)c(Cl)c2)C1. The molecule has 1 fully saturated rings. The Balaban J connectivity index is 1.83. The van der Waals surface area contributed by atoms with E-state index in [0.717, 1.165) is 11.1 Å². The van der Waals surface area contributed by atoms with Crippen molar-refractivity contribution in [2.45, 2.75) is 18.4 Å². The van der Waals surface area contributed by atoms with E-state index in [2.05, 4.69) is 0 Å². The van der Waals surface area contributed by atoms with Crippen molar-refractivity contribution in [1.29, 1.82) is 0 Å². The van der Waals surface area contributed by atoms with Gasteiger partial charge in [0.2, 0.25) is 5.91 Å². The lowest BCUT2D eigenvalue weighted by atomic mass is 9.88. The predicted octanol–water partition coefficient (Wildman–Crippen LogP) is 4.98. The molecular weight excluding hydrogens is 444 g/mol. The number of benzene rings is 2. The standard InChI is InChI=1S/C20H19Cl4NO3/c21-15-7-13(8-16(22)11-15)9-19(27)25-4-6-28-20(12-25,3-5-26)14-1-2-17(23)18(24)10-14/h1-2,7-8,10-11,26H,3-6,9,12H2. The van der Waals surface area contributed by atoms with E-state index in [0.29, 0.717) is 46.2 Å². The summed E-state index contributed by atoms with van der Waals surface area (Å²) >= 11 is 24.3. The number of aliphatic hydroxyl groups excluding tert-OH is 1. The maximum atomic E-state index is 12.9. The molecule has 1 atom stereocenters. The Hall–Kier alpha value is -1.01. The highest BCUT2D eigenvalue weighted by molar-refractivity contribution is 6.42. The third-order valence-electron chi connectivity index (χ3n) is 4.78. The number of aliphatic hydroxyl groups is 1. The van der Waals surface area contributed by atoms with Gasteiger partial charge in [0.25, 0.3) is 0 Å². The van der Waals surface area contributed by atoms with Gasteiger partial charge in [-0.2, -0.15) is 0 Å². The highest BCUT2D eigenvalue weighted by Crippen LogP contribution is 2.36. The Morgan fingerprint density at radius 1 is 1.07 bits per heavy atom. The first-order chi connectivity index (χ1) is 13.3. The molecule has 2 aromatic rings. The van der Waals surface area contributed by atoms with Gasteiger partial charge in [-0.1, -0.05) is 52.5 Å². The zero-order valence-corrected chi connectivity index (χ0v) is 18.0. The van der Waals surface area contributed by atoms with Crippen molar-refractivity contribution < 1.29 is 14.6 Å². The lowest BCUT2D eigenvalue weighted by Crippen LogP contribution is -2.52. The van der Waals surface area contributed by atoms with E-state index in [1.165, 1.54) is 0 Å². The van der Waals surface area contributed by atoms with Crippen molar-refractivity contribution in [2.75, 3.05) is 26.3 Å². The van der Waals surface area contributed by atoms with Crippen molar-refractivity contribution in [2.24, 2.45) is 0 Å². The van der Waals surface area contributed by atoms with Gasteiger partial charge < -0.3 is 14.7 Å². The van der Waals surface area contributed by atoms with Crippen molar-refractivity contribution >= 4 is 52.3 Å². The molecular formula is C20H19Cl4NO3. The van der Waals surface area contributed by atoms with Crippen LogP contribution in [0.2, 0.25) is 20.1 Å². The number of rotatable bonds is 5. The highest BCUT2D eigenvalue weighted by atomic mass is 35.5. The second-order valence-electron chi connectivity index (χ2n) is 6.72. The minimum atomic E-state index is -0.844. The first-order valence-electron chi connectivity index (χ1n) is 8.76.